The van der Waals surface area contributed by atoms with E-state index in [1.807, 2.05) is 96.4 Å². The minimum absolute atomic E-state index is 0.121. The van der Waals surface area contributed by atoms with Gasteiger partial charge in [-0.2, -0.15) is 0 Å². The van der Waals surface area contributed by atoms with Crippen molar-refractivity contribution in [2.24, 2.45) is 22.9 Å². The van der Waals surface area contributed by atoms with Crippen LogP contribution < -0.4 is 54.9 Å². The number of hydrogen-bond donors (Lipinski definition) is 16. The van der Waals surface area contributed by atoms with Crippen LogP contribution in [-0.4, -0.2) is 98.1 Å². The summed E-state index contributed by atoms with van der Waals surface area (Å²) in [5.41, 5.74) is 66.4. The second-order valence-corrected chi connectivity index (χ2v) is 33.1. The van der Waals surface area contributed by atoms with Gasteiger partial charge in [-0.05, 0) is 157 Å². The monoisotopic (exact) mass is 1720 g/mol. The lowest BCUT2D eigenvalue weighted by atomic mass is 10.1. The summed E-state index contributed by atoms with van der Waals surface area (Å²) in [5, 5.41) is 44.6. The zero-order valence-corrected chi connectivity index (χ0v) is 71.9. The van der Waals surface area contributed by atoms with Gasteiger partial charge in [-0.3, -0.25) is 19.6 Å². The highest BCUT2D eigenvalue weighted by atomic mass is 31.2. The lowest BCUT2D eigenvalue weighted by Crippen LogP contribution is -2.07. The number of benzene rings is 8. The fraction of sp³-hybridized carbons (Fsp3) is 0.289. The Hall–Kier alpha value is -12.6. The number of phosphoric ester groups is 2. The first-order valence-corrected chi connectivity index (χ1v) is 44.3. The van der Waals surface area contributed by atoms with E-state index in [2.05, 4.69) is 71.9 Å². The average molecular weight is 1720 g/mol. The number of phenolic OH excluding ortho intramolecular Hbond substituents is 4. The van der Waals surface area contributed by atoms with Crippen molar-refractivity contribution in [1.29, 1.82) is 0 Å². The minimum Gasteiger partial charge on any atom is -0.508 e. The second kappa shape index (κ2) is 38.5. The summed E-state index contributed by atoms with van der Waals surface area (Å²) in [6.45, 7) is 15.6. The molecule has 648 valence electrons. The number of unbranched alkanes of at least 4 members (excludes halogenated alkanes) is 4. The molecule has 16 rings (SSSR count). The van der Waals surface area contributed by atoms with E-state index in [1.54, 1.807) is 49.4 Å². The molecule has 0 spiro atoms. The third-order valence-electron chi connectivity index (χ3n) is 21.8. The van der Waals surface area contributed by atoms with Crippen LogP contribution >= 0.6 is 15.6 Å². The summed E-state index contributed by atoms with van der Waals surface area (Å²) in [4.78, 5) is 74.0. The number of anilines is 4. The molecular weight excluding hydrogens is 1620 g/mol. The third-order valence-corrected chi connectivity index (χ3v) is 22.7. The van der Waals surface area contributed by atoms with Crippen molar-refractivity contribution < 1.29 is 58.2 Å². The van der Waals surface area contributed by atoms with Gasteiger partial charge in [0.25, 0.3) is 0 Å². The number of phosphoric acid groups is 2. The van der Waals surface area contributed by atoms with Crippen molar-refractivity contribution in [3.63, 3.8) is 0 Å². The highest BCUT2D eigenvalue weighted by Crippen LogP contribution is 2.45. The van der Waals surface area contributed by atoms with Gasteiger partial charge in [0, 0.05) is 97.6 Å². The maximum absolute atomic E-state index is 11.3. The van der Waals surface area contributed by atoms with Gasteiger partial charge in [-0.15, -0.1) is 0 Å². The van der Waals surface area contributed by atoms with E-state index in [4.69, 9.17) is 89.9 Å². The van der Waals surface area contributed by atoms with Crippen LogP contribution in [0.4, 0.5) is 23.3 Å². The number of aryl methyl sites for hydroxylation is 6. The molecule has 8 heterocycles. The second-order valence-electron chi connectivity index (χ2n) is 30.8. The van der Waals surface area contributed by atoms with Crippen LogP contribution in [0.2, 0.25) is 0 Å². The number of pyridine rings is 4. The minimum atomic E-state index is -4.83. The van der Waals surface area contributed by atoms with Crippen LogP contribution in [-0.2, 0) is 87.2 Å². The molecule has 0 radical (unpaired) electrons. The smallest absolute Gasteiger partial charge is 0.508 e. The van der Waals surface area contributed by atoms with Crippen molar-refractivity contribution in [3.05, 3.63) is 225 Å². The molecule has 34 heteroatoms. The Kier molecular flexibility index (Phi) is 27.7. The van der Waals surface area contributed by atoms with E-state index in [9.17, 15) is 29.6 Å². The van der Waals surface area contributed by atoms with E-state index < -0.39 is 15.6 Å². The Morgan fingerprint density at radius 2 is 0.645 bits per heavy atom. The standard InChI is InChI=1S/C23H28N5O4P.C23H27N5O.C22H26N5O5P.C22H25N5O2/c1-3-4-5-20-27-21-22(17-11-15(12-24)6-8-18(17)26-23(21)25)28(20)13-16-7-9-19(14(2)10-16)32-33(29,30)31;1-3-4-5-20-27-21-22(28(20)13-16-7-9-19(29)14(2)10-16)17-11-15(12-24)6-8-18(17)26-23(21)25;1-2-3-7-18-26-19-20(15-10-13(11-23)8-9-16(15)25-22(19)24)27(18)12-14-5-4-6-17(21(14)28)32-33(29,30)31;1-2-3-7-18-26-19-20(27(18)12-14-5-4-6-17(28)21(14)29)15-10-13(11-23)8-9-16(15)25-22(19)24/h6-11H,3-5,12-13,24H2,1-2H3,(H2,25,26)(H2,29,30,31);6-11,29H,3-5,12-13,24H2,1-2H3,(H2,25,26);4-6,8-10,28H,2-3,7,11-12,23H2,1H3,(H2,24,25)(H2,29,30,31);4-6,8-10,28-29H,2-3,7,11-12,23H2,1H3,(H2,24,25). The third kappa shape index (κ3) is 19.7. The molecule has 124 heavy (non-hydrogen) atoms. The number of rotatable bonds is 28. The van der Waals surface area contributed by atoms with Crippen LogP contribution in [0.25, 0.3) is 87.7 Å². The molecule has 8 aromatic heterocycles. The zero-order valence-electron chi connectivity index (χ0n) is 70.1. The van der Waals surface area contributed by atoms with Crippen LogP contribution in [0.5, 0.6) is 34.5 Å². The summed E-state index contributed by atoms with van der Waals surface area (Å²) in [6.07, 6.45) is 11.2. The molecule has 0 atom stereocenters. The fourth-order valence-corrected chi connectivity index (χ4v) is 16.3. The predicted octanol–water partition coefficient (Wildman–Crippen LogP) is 14.4. The summed E-state index contributed by atoms with van der Waals surface area (Å²) < 4.78 is 40.4. The molecule has 24 N–H and O–H groups in total. The lowest BCUT2D eigenvalue weighted by molar-refractivity contribution is 0.276. The maximum atomic E-state index is 11.3. The van der Waals surface area contributed by atoms with Crippen LogP contribution in [0.3, 0.4) is 0 Å². The molecule has 16 aromatic rings. The predicted molar refractivity (Wildman–Crippen MR) is 487 cm³/mol. The highest BCUT2D eigenvalue weighted by molar-refractivity contribution is 7.47. The number of phenols is 4. The van der Waals surface area contributed by atoms with Gasteiger partial charge in [0.05, 0.1) is 57.2 Å². The summed E-state index contributed by atoms with van der Waals surface area (Å²) in [6, 6.07) is 44.0. The van der Waals surface area contributed by atoms with Gasteiger partial charge in [0.15, 0.2) is 46.3 Å². The number of imidazole rings is 4. The van der Waals surface area contributed by atoms with E-state index in [-0.39, 0.29) is 35.3 Å². The first-order chi connectivity index (χ1) is 59.4. The Morgan fingerprint density at radius 1 is 0.339 bits per heavy atom. The molecule has 0 aliphatic rings. The molecule has 0 aliphatic heterocycles. The Balaban J connectivity index is 0.000000142. The molecule has 0 unspecified atom stereocenters. The average Bonchev–Trinajstić information content (AvgIpc) is 1.60. The summed E-state index contributed by atoms with van der Waals surface area (Å²) in [7, 11) is -9.46. The van der Waals surface area contributed by atoms with Gasteiger partial charge in [-0.25, -0.2) is 49.0 Å². The molecule has 0 bridgehead atoms. The molecule has 0 saturated heterocycles. The van der Waals surface area contributed by atoms with Gasteiger partial charge < -0.3 is 93.6 Å². The Labute approximate surface area is 715 Å². The first kappa shape index (κ1) is 89.2. The SMILES string of the molecule is CCCCc1nc2c(N)nc3ccc(CN)cc3c2n1Cc1ccc(O)c(C)c1.CCCCc1nc2c(N)nc3ccc(CN)cc3c2n1Cc1ccc(OP(=O)(O)O)c(C)c1.CCCCc1nc2c(N)nc3ccc(CN)cc3c2n1Cc1cccc(O)c1O.CCCCc1nc2c(N)nc3ccc(CN)cc3c2n1Cc1cccc(OP(=O)(O)O)c1O. The topological polar surface area (TPSA) is 545 Å². The number of nitrogen functional groups attached to an aromatic ring is 4. The van der Waals surface area contributed by atoms with Crippen molar-refractivity contribution in [1.82, 2.24) is 58.1 Å². The number of hydrogen-bond acceptors (Lipinski definition) is 24. The molecule has 0 amide bonds. The van der Waals surface area contributed by atoms with Gasteiger partial charge >= 0.3 is 15.6 Å². The quantitative estimate of drug-likeness (QED) is 0.0160. The van der Waals surface area contributed by atoms with Crippen molar-refractivity contribution in [2.75, 3.05) is 22.9 Å². The number of nitrogens with two attached hydrogens (primary N) is 8. The molecule has 8 aromatic carbocycles. The number of para-hydroxylation sites is 2. The maximum Gasteiger partial charge on any atom is 0.524 e. The normalized spacial score (nSPS) is 11.8. The highest BCUT2D eigenvalue weighted by Gasteiger charge is 2.27. The van der Waals surface area contributed by atoms with Crippen molar-refractivity contribution in [2.45, 2.75) is 171 Å². The van der Waals surface area contributed by atoms with Crippen molar-refractivity contribution >= 4 is 127 Å². The summed E-state index contributed by atoms with van der Waals surface area (Å²) in [5.74, 6) is 4.64. The largest absolute Gasteiger partial charge is 0.524 e. The van der Waals surface area contributed by atoms with E-state index in [0.717, 1.165) is 199 Å². The van der Waals surface area contributed by atoms with Gasteiger partial charge in [0.1, 0.15) is 56.9 Å². The van der Waals surface area contributed by atoms with Crippen LogP contribution in [0.1, 0.15) is 158 Å². The Bertz CT molecular complexity index is 6760. The Morgan fingerprint density at radius 3 is 0.968 bits per heavy atom. The lowest BCUT2D eigenvalue weighted by Gasteiger charge is -2.15. The molecule has 32 nitrogen and oxygen atoms in total. The molecule has 0 saturated carbocycles. The molecule has 0 aliphatic carbocycles. The zero-order chi connectivity index (χ0) is 88.6. The number of fused-ring (bicyclic) bond motifs is 12. The van der Waals surface area contributed by atoms with Crippen LogP contribution in [0, 0.1) is 13.8 Å². The van der Waals surface area contributed by atoms with Crippen molar-refractivity contribution in [3.8, 4) is 34.5 Å². The first-order valence-electron chi connectivity index (χ1n) is 41.2. The van der Waals surface area contributed by atoms with E-state index >= 15 is 0 Å². The molecular formula is C90H106N20O12P2. The molecule has 0 fully saturated rings. The van der Waals surface area contributed by atoms with E-state index in [0.29, 0.717) is 120 Å². The number of aromatic hydroxyl groups is 4. The van der Waals surface area contributed by atoms with Crippen LogP contribution in [0.15, 0.2) is 146 Å². The van der Waals surface area contributed by atoms with Gasteiger partial charge in [0.2, 0.25) is 0 Å². The number of nitrogens with zero attached hydrogens (tertiary/aromatic N) is 12. The fourth-order valence-electron chi connectivity index (χ4n) is 15.5. The summed E-state index contributed by atoms with van der Waals surface area (Å²) >= 11 is 0. The van der Waals surface area contributed by atoms with E-state index in [1.165, 1.54) is 12.1 Å². The number of aromatic nitrogens is 12. The van der Waals surface area contributed by atoms with Gasteiger partial charge in [-0.1, -0.05) is 126 Å².